The Labute approximate surface area is 113 Å². The molecule has 1 atom stereocenters. The van der Waals surface area contributed by atoms with Crippen molar-refractivity contribution in [1.29, 1.82) is 0 Å². The highest BCUT2D eigenvalue weighted by molar-refractivity contribution is 5.27. The van der Waals surface area contributed by atoms with Crippen molar-refractivity contribution in [3.8, 4) is 0 Å². The lowest BCUT2D eigenvalue weighted by atomic mass is 9.86. The lowest BCUT2D eigenvalue weighted by Crippen LogP contribution is -2.25. The first kappa shape index (κ1) is 16.0. The second-order valence-corrected chi connectivity index (χ2v) is 6.06. The largest absolute Gasteiger partial charge is 0.389 e. The third kappa shape index (κ3) is 6.10. The normalized spacial score (nSPS) is 14.5. The maximum atomic E-state index is 12.1. The fourth-order valence-electron chi connectivity index (χ4n) is 1.89. The van der Waals surface area contributed by atoms with Gasteiger partial charge in [-0.15, -0.1) is 0 Å². The van der Waals surface area contributed by atoms with Gasteiger partial charge in [0.15, 0.2) is 0 Å². The van der Waals surface area contributed by atoms with Crippen molar-refractivity contribution in [1.82, 2.24) is 0 Å². The van der Waals surface area contributed by atoms with Crippen molar-refractivity contribution < 1.29 is 13.2 Å². The number of benzene rings is 1. The van der Waals surface area contributed by atoms with Crippen LogP contribution in [-0.2, 0) is 11.8 Å². The molecule has 0 aliphatic carbocycles. The first-order chi connectivity index (χ1) is 8.58. The van der Waals surface area contributed by atoms with Crippen LogP contribution in [0.4, 0.5) is 13.2 Å². The zero-order valence-electron chi connectivity index (χ0n) is 11.7. The van der Waals surface area contributed by atoms with Crippen molar-refractivity contribution in [3.63, 3.8) is 0 Å². The van der Waals surface area contributed by atoms with Crippen molar-refractivity contribution in [3.05, 3.63) is 35.4 Å². The van der Waals surface area contributed by atoms with Crippen molar-refractivity contribution in [2.45, 2.75) is 57.7 Å². The van der Waals surface area contributed by atoms with E-state index in [0.29, 0.717) is 6.42 Å². The molecule has 19 heavy (non-hydrogen) atoms. The smallest absolute Gasteiger partial charge is 0.327 e. The molecule has 0 aliphatic rings. The average Bonchev–Trinajstić information content (AvgIpc) is 2.25. The predicted molar refractivity (Wildman–Crippen MR) is 72.1 cm³/mol. The Morgan fingerprint density at radius 2 is 1.58 bits per heavy atom. The maximum absolute atomic E-state index is 12.1. The zero-order valence-corrected chi connectivity index (χ0v) is 11.7. The van der Waals surface area contributed by atoms with E-state index < -0.39 is 18.6 Å². The van der Waals surface area contributed by atoms with Crippen LogP contribution in [0.5, 0.6) is 0 Å². The molecule has 0 saturated carbocycles. The fraction of sp³-hybridized carbons (Fsp3) is 0.600. The van der Waals surface area contributed by atoms with Crippen LogP contribution >= 0.6 is 0 Å². The zero-order chi connectivity index (χ0) is 14.7. The lowest BCUT2D eigenvalue weighted by molar-refractivity contribution is -0.136. The summed E-state index contributed by atoms with van der Waals surface area (Å²) in [5.41, 5.74) is 8.01. The van der Waals surface area contributed by atoms with Gasteiger partial charge in [-0.1, -0.05) is 45.0 Å². The molecule has 1 aromatic carbocycles. The molecule has 0 radical (unpaired) electrons. The van der Waals surface area contributed by atoms with Gasteiger partial charge in [0.05, 0.1) is 0 Å². The first-order valence-corrected chi connectivity index (χ1v) is 6.50. The van der Waals surface area contributed by atoms with E-state index in [2.05, 4.69) is 20.8 Å². The Kier molecular flexibility index (Phi) is 5.02. The quantitative estimate of drug-likeness (QED) is 0.874. The molecular weight excluding hydrogens is 251 g/mol. The molecule has 0 aliphatic heterocycles. The van der Waals surface area contributed by atoms with Gasteiger partial charge in [0, 0.05) is 12.5 Å². The van der Waals surface area contributed by atoms with Gasteiger partial charge in [0.1, 0.15) is 0 Å². The van der Waals surface area contributed by atoms with Crippen LogP contribution in [0.25, 0.3) is 0 Å². The summed E-state index contributed by atoms with van der Waals surface area (Å²) < 4.78 is 36.2. The van der Waals surface area contributed by atoms with Crippen LogP contribution in [0.1, 0.15) is 44.7 Å². The Balaban J connectivity index is 2.54. The van der Waals surface area contributed by atoms with Crippen LogP contribution in [0, 0.1) is 0 Å². The van der Waals surface area contributed by atoms with Crippen molar-refractivity contribution in [2.75, 3.05) is 0 Å². The molecular formula is C15H22F3N. The second-order valence-electron chi connectivity index (χ2n) is 6.06. The van der Waals surface area contributed by atoms with Crippen molar-refractivity contribution >= 4 is 0 Å². The lowest BCUT2D eigenvalue weighted by Gasteiger charge is -2.19. The van der Waals surface area contributed by atoms with E-state index >= 15 is 0 Å². The number of alkyl halides is 3. The molecule has 4 heteroatoms. The minimum absolute atomic E-state index is 0.0233. The Hall–Kier alpha value is -1.03. The summed E-state index contributed by atoms with van der Waals surface area (Å²) in [7, 11) is 0. The molecule has 0 heterocycles. The number of nitrogens with two attached hydrogens (primary N) is 1. The monoisotopic (exact) mass is 273 g/mol. The van der Waals surface area contributed by atoms with Gasteiger partial charge >= 0.3 is 6.18 Å². The molecule has 0 bridgehead atoms. The van der Waals surface area contributed by atoms with Crippen LogP contribution in [-0.4, -0.2) is 12.2 Å². The number of halogens is 3. The molecule has 0 aromatic heterocycles. The van der Waals surface area contributed by atoms with Crippen LogP contribution < -0.4 is 5.73 Å². The standard InChI is InChI=1S/C15H22F3N/c1-14(2,3)12-6-4-11(5-7-12)10-13(19)8-9-15(16,17)18/h4-7,13H,8-10,19H2,1-3H3. The third-order valence-corrected chi connectivity index (χ3v) is 3.12. The summed E-state index contributed by atoms with van der Waals surface area (Å²) in [4.78, 5) is 0. The number of rotatable bonds is 4. The summed E-state index contributed by atoms with van der Waals surface area (Å²) in [6, 6.07) is 7.50. The van der Waals surface area contributed by atoms with E-state index in [1.54, 1.807) is 0 Å². The molecule has 1 unspecified atom stereocenters. The van der Waals surface area contributed by atoms with Gasteiger partial charge in [-0.2, -0.15) is 13.2 Å². The van der Waals surface area contributed by atoms with Crippen molar-refractivity contribution in [2.24, 2.45) is 5.73 Å². The van der Waals surface area contributed by atoms with E-state index in [4.69, 9.17) is 5.73 Å². The van der Waals surface area contributed by atoms with Gasteiger partial charge in [0.2, 0.25) is 0 Å². The summed E-state index contributed by atoms with van der Waals surface area (Å²) in [6.45, 7) is 6.37. The number of hydrogen-bond acceptors (Lipinski definition) is 1. The molecule has 1 rings (SSSR count). The van der Waals surface area contributed by atoms with Crippen LogP contribution in [0.2, 0.25) is 0 Å². The van der Waals surface area contributed by atoms with Gasteiger partial charge in [-0.25, -0.2) is 0 Å². The van der Waals surface area contributed by atoms with E-state index in [1.807, 2.05) is 24.3 Å². The molecule has 2 N–H and O–H groups in total. The molecule has 0 spiro atoms. The minimum atomic E-state index is -4.12. The topological polar surface area (TPSA) is 26.0 Å². The van der Waals surface area contributed by atoms with Gasteiger partial charge in [-0.3, -0.25) is 0 Å². The molecule has 1 nitrogen and oxygen atoms in total. The van der Waals surface area contributed by atoms with Gasteiger partial charge in [0.25, 0.3) is 0 Å². The van der Waals surface area contributed by atoms with E-state index in [1.165, 1.54) is 5.56 Å². The maximum Gasteiger partial charge on any atom is 0.389 e. The Bertz CT molecular complexity index is 387. The highest BCUT2D eigenvalue weighted by Crippen LogP contribution is 2.24. The van der Waals surface area contributed by atoms with E-state index in [9.17, 15) is 13.2 Å². The number of hydrogen-bond donors (Lipinski definition) is 1. The third-order valence-electron chi connectivity index (χ3n) is 3.12. The summed E-state index contributed by atoms with van der Waals surface area (Å²) in [5.74, 6) is 0. The SMILES string of the molecule is CC(C)(C)c1ccc(CC(N)CCC(F)(F)F)cc1. The first-order valence-electron chi connectivity index (χ1n) is 6.50. The molecule has 0 saturated heterocycles. The summed E-state index contributed by atoms with van der Waals surface area (Å²) in [5, 5.41) is 0. The second kappa shape index (κ2) is 5.95. The minimum Gasteiger partial charge on any atom is -0.327 e. The molecule has 108 valence electrons. The fourth-order valence-corrected chi connectivity index (χ4v) is 1.89. The highest BCUT2D eigenvalue weighted by Gasteiger charge is 2.27. The Morgan fingerprint density at radius 3 is 2.00 bits per heavy atom. The molecule has 1 aromatic rings. The van der Waals surface area contributed by atoms with Crippen LogP contribution in [0.15, 0.2) is 24.3 Å². The summed E-state index contributed by atoms with van der Waals surface area (Å²) >= 11 is 0. The molecule has 0 fully saturated rings. The van der Waals surface area contributed by atoms with E-state index in [-0.39, 0.29) is 11.8 Å². The predicted octanol–water partition coefficient (Wildman–Crippen LogP) is 4.20. The van der Waals surface area contributed by atoms with E-state index in [0.717, 1.165) is 5.56 Å². The molecule has 0 amide bonds. The van der Waals surface area contributed by atoms with Gasteiger partial charge in [-0.05, 0) is 29.4 Å². The summed E-state index contributed by atoms with van der Waals surface area (Å²) in [6.07, 6.45) is -4.47. The Morgan fingerprint density at radius 1 is 1.05 bits per heavy atom. The van der Waals surface area contributed by atoms with Crippen LogP contribution in [0.3, 0.4) is 0 Å². The van der Waals surface area contributed by atoms with Gasteiger partial charge < -0.3 is 5.73 Å². The highest BCUT2D eigenvalue weighted by atomic mass is 19.4. The average molecular weight is 273 g/mol.